The van der Waals surface area contributed by atoms with Crippen LogP contribution in [0.3, 0.4) is 0 Å². The average molecular weight is 239 g/mol. The van der Waals surface area contributed by atoms with Crippen LogP contribution in [-0.4, -0.2) is 5.11 Å². The van der Waals surface area contributed by atoms with Crippen molar-refractivity contribution in [3.63, 3.8) is 0 Å². The van der Waals surface area contributed by atoms with Crippen LogP contribution < -0.4 is 0 Å². The quantitative estimate of drug-likeness (QED) is 0.874. The Morgan fingerprint density at radius 1 is 1.38 bits per heavy atom. The van der Waals surface area contributed by atoms with Crippen molar-refractivity contribution >= 4 is 22.6 Å². The third-order valence-corrected chi connectivity index (χ3v) is 2.98. The van der Waals surface area contributed by atoms with Gasteiger partial charge in [-0.05, 0) is 37.6 Å². The summed E-state index contributed by atoms with van der Waals surface area (Å²) in [6, 6.07) is 7.30. The van der Waals surface area contributed by atoms with Crippen molar-refractivity contribution in [2.45, 2.75) is 32.3 Å². The molecule has 0 aliphatic rings. The van der Waals surface area contributed by atoms with E-state index >= 15 is 0 Å². The number of fused-ring (bicyclic) bond motifs is 1. The molecule has 1 unspecified atom stereocenters. The minimum atomic E-state index is -0.903. The third-order valence-electron chi connectivity index (χ3n) is 2.75. The molecular formula is C13H15ClO2. The Balaban J connectivity index is 2.46. The Kier molecular flexibility index (Phi) is 2.96. The first kappa shape index (κ1) is 11.5. The van der Waals surface area contributed by atoms with Gasteiger partial charge in [-0.1, -0.05) is 24.9 Å². The molecule has 1 atom stereocenters. The van der Waals surface area contributed by atoms with Crippen LogP contribution in [0.5, 0.6) is 0 Å². The minimum absolute atomic E-state index is 0.603. The van der Waals surface area contributed by atoms with Gasteiger partial charge in [-0.3, -0.25) is 0 Å². The maximum atomic E-state index is 10.2. The fourth-order valence-corrected chi connectivity index (χ4v) is 2.07. The SMILES string of the molecule is CCCC(C)(O)c1cc2cc(Cl)ccc2o1. The van der Waals surface area contributed by atoms with Gasteiger partial charge in [-0.2, -0.15) is 0 Å². The van der Waals surface area contributed by atoms with E-state index in [4.69, 9.17) is 16.0 Å². The molecule has 0 saturated heterocycles. The second kappa shape index (κ2) is 4.11. The Morgan fingerprint density at radius 3 is 2.81 bits per heavy atom. The first-order valence-electron chi connectivity index (χ1n) is 5.45. The molecule has 1 aromatic heterocycles. The van der Waals surface area contributed by atoms with Crippen LogP contribution >= 0.6 is 11.6 Å². The number of hydrogen-bond donors (Lipinski definition) is 1. The van der Waals surface area contributed by atoms with E-state index in [1.54, 1.807) is 13.0 Å². The zero-order valence-electron chi connectivity index (χ0n) is 9.46. The number of rotatable bonds is 3. The normalized spacial score (nSPS) is 15.2. The summed E-state index contributed by atoms with van der Waals surface area (Å²) >= 11 is 5.90. The average Bonchev–Trinajstić information content (AvgIpc) is 2.61. The lowest BCUT2D eigenvalue weighted by Gasteiger charge is -2.19. The maximum absolute atomic E-state index is 10.2. The highest BCUT2D eigenvalue weighted by Crippen LogP contribution is 2.32. The Bertz CT molecular complexity index is 500. The van der Waals surface area contributed by atoms with Crippen molar-refractivity contribution in [3.05, 3.63) is 35.0 Å². The molecular weight excluding hydrogens is 224 g/mol. The second-order valence-electron chi connectivity index (χ2n) is 4.32. The fraction of sp³-hybridized carbons (Fsp3) is 0.385. The van der Waals surface area contributed by atoms with Gasteiger partial charge in [-0.25, -0.2) is 0 Å². The lowest BCUT2D eigenvalue weighted by atomic mass is 9.97. The van der Waals surface area contributed by atoms with Crippen molar-refractivity contribution < 1.29 is 9.52 Å². The van der Waals surface area contributed by atoms with Crippen LogP contribution in [0, 0.1) is 0 Å². The van der Waals surface area contributed by atoms with Crippen LogP contribution in [0.1, 0.15) is 32.4 Å². The summed E-state index contributed by atoms with van der Waals surface area (Å²) in [6.45, 7) is 3.81. The van der Waals surface area contributed by atoms with Gasteiger partial charge < -0.3 is 9.52 Å². The molecule has 0 radical (unpaired) electrons. The van der Waals surface area contributed by atoms with Crippen LogP contribution in [0.25, 0.3) is 11.0 Å². The lowest BCUT2D eigenvalue weighted by Crippen LogP contribution is -2.19. The molecule has 3 heteroatoms. The molecule has 1 heterocycles. The molecule has 2 nitrogen and oxygen atoms in total. The molecule has 2 aromatic rings. The van der Waals surface area contributed by atoms with E-state index in [1.807, 2.05) is 25.1 Å². The van der Waals surface area contributed by atoms with Crippen LogP contribution in [0.4, 0.5) is 0 Å². The van der Waals surface area contributed by atoms with E-state index in [2.05, 4.69) is 0 Å². The molecule has 0 amide bonds. The number of halogens is 1. The number of benzene rings is 1. The molecule has 0 bridgehead atoms. The number of furan rings is 1. The molecule has 16 heavy (non-hydrogen) atoms. The zero-order valence-corrected chi connectivity index (χ0v) is 10.2. The Labute approximate surface area is 99.8 Å². The first-order chi connectivity index (χ1) is 7.53. The number of aliphatic hydroxyl groups is 1. The predicted octanol–water partition coefficient (Wildman–Crippen LogP) is 4.09. The Morgan fingerprint density at radius 2 is 2.12 bits per heavy atom. The predicted molar refractivity (Wildman–Crippen MR) is 65.7 cm³/mol. The molecule has 0 fully saturated rings. The molecule has 0 spiro atoms. The highest BCUT2D eigenvalue weighted by molar-refractivity contribution is 6.31. The molecule has 2 rings (SSSR count). The van der Waals surface area contributed by atoms with Crippen LogP contribution in [0.15, 0.2) is 28.7 Å². The van der Waals surface area contributed by atoms with E-state index < -0.39 is 5.60 Å². The summed E-state index contributed by atoms with van der Waals surface area (Å²) in [4.78, 5) is 0. The van der Waals surface area contributed by atoms with E-state index in [-0.39, 0.29) is 0 Å². The molecule has 1 aromatic carbocycles. The second-order valence-corrected chi connectivity index (χ2v) is 4.75. The first-order valence-corrected chi connectivity index (χ1v) is 5.82. The van der Waals surface area contributed by atoms with Crippen molar-refractivity contribution in [2.24, 2.45) is 0 Å². The summed E-state index contributed by atoms with van der Waals surface area (Å²) in [5, 5.41) is 11.8. The third kappa shape index (κ3) is 2.08. The topological polar surface area (TPSA) is 33.4 Å². The van der Waals surface area contributed by atoms with Gasteiger partial charge in [-0.15, -0.1) is 0 Å². The Hall–Kier alpha value is -0.990. The highest BCUT2D eigenvalue weighted by Gasteiger charge is 2.26. The lowest BCUT2D eigenvalue weighted by molar-refractivity contribution is 0.0261. The van der Waals surface area contributed by atoms with Gasteiger partial charge >= 0.3 is 0 Å². The van der Waals surface area contributed by atoms with Crippen molar-refractivity contribution in [3.8, 4) is 0 Å². The summed E-state index contributed by atoms with van der Waals surface area (Å²) in [7, 11) is 0. The van der Waals surface area contributed by atoms with Gasteiger partial charge in [0.25, 0.3) is 0 Å². The van der Waals surface area contributed by atoms with E-state index in [0.717, 1.165) is 17.4 Å². The zero-order chi connectivity index (χ0) is 11.8. The maximum Gasteiger partial charge on any atom is 0.136 e. The van der Waals surface area contributed by atoms with Crippen molar-refractivity contribution in [1.82, 2.24) is 0 Å². The molecule has 0 aliphatic carbocycles. The van der Waals surface area contributed by atoms with Crippen LogP contribution in [-0.2, 0) is 5.60 Å². The van der Waals surface area contributed by atoms with E-state index in [0.29, 0.717) is 17.2 Å². The molecule has 1 N–H and O–H groups in total. The smallest absolute Gasteiger partial charge is 0.136 e. The fourth-order valence-electron chi connectivity index (χ4n) is 1.89. The number of hydrogen-bond acceptors (Lipinski definition) is 2. The summed E-state index contributed by atoms with van der Waals surface area (Å²) in [5.41, 5.74) is -0.143. The minimum Gasteiger partial charge on any atom is -0.458 e. The monoisotopic (exact) mass is 238 g/mol. The largest absolute Gasteiger partial charge is 0.458 e. The molecule has 0 aliphatic heterocycles. The van der Waals surface area contributed by atoms with Crippen LogP contribution in [0.2, 0.25) is 5.02 Å². The van der Waals surface area contributed by atoms with Gasteiger partial charge in [0, 0.05) is 10.4 Å². The summed E-state index contributed by atoms with van der Waals surface area (Å²) < 4.78 is 5.63. The van der Waals surface area contributed by atoms with Gasteiger partial charge in [0.05, 0.1) is 0 Å². The summed E-state index contributed by atoms with van der Waals surface area (Å²) in [5.74, 6) is 0.603. The van der Waals surface area contributed by atoms with E-state index in [9.17, 15) is 5.11 Å². The van der Waals surface area contributed by atoms with Gasteiger partial charge in [0.1, 0.15) is 16.9 Å². The summed E-state index contributed by atoms with van der Waals surface area (Å²) in [6.07, 6.45) is 1.59. The van der Waals surface area contributed by atoms with Gasteiger partial charge in [0.15, 0.2) is 0 Å². The van der Waals surface area contributed by atoms with E-state index in [1.165, 1.54) is 0 Å². The molecule has 0 saturated carbocycles. The van der Waals surface area contributed by atoms with Gasteiger partial charge in [0.2, 0.25) is 0 Å². The van der Waals surface area contributed by atoms with Crippen molar-refractivity contribution in [2.75, 3.05) is 0 Å². The standard InChI is InChI=1S/C13H15ClO2/c1-3-6-13(2,15)12-8-9-7-10(14)4-5-11(9)16-12/h4-5,7-8,15H,3,6H2,1-2H3. The highest BCUT2D eigenvalue weighted by atomic mass is 35.5. The molecule has 86 valence electrons. The van der Waals surface area contributed by atoms with Crippen molar-refractivity contribution in [1.29, 1.82) is 0 Å².